The molecule has 1 heterocycles. The van der Waals surface area contributed by atoms with Gasteiger partial charge in [0.2, 0.25) is 5.16 Å². The maximum absolute atomic E-state index is 10.3. The summed E-state index contributed by atoms with van der Waals surface area (Å²) in [5.74, 6) is 1.29. The Morgan fingerprint density at radius 2 is 2.00 bits per heavy atom. The molecule has 0 aliphatic carbocycles. The number of aliphatic carboxylic acids is 1. The standard InChI is InChI=1S/C14H25N3O2S/c1-2-3-6-9-12-15-14(17-16-12)20-11-8-5-4-7-10-13(18)19/h2-11H2,1H3,(H,18,19)(H,15,16,17). The van der Waals surface area contributed by atoms with E-state index in [0.29, 0.717) is 0 Å². The summed E-state index contributed by atoms with van der Waals surface area (Å²) in [5.41, 5.74) is 0. The number of aryl methyl sites for hydroxylation is 1. The zero-order chi connectivity index (χ0) is 14.6. The van der Waals surface area contributed by atoms with E-state index in [1.54, 1.807) is 11.8 Å². The number of nitrogens with one attached hydrogen (secondary N) is 1. The molecule has 0 saturated carbocycles. The first kappa shape index (κ1) is 17.0. The highest BCUT2D eigenvalue weighted by atomic mass is 32.2. The van der Waals surface area contributed by atoms with Crippen LogP contribution in [0.1, 0.15) is 64.1 Å². The van der Waals surface area contributed by atoms with Crippen molar-refractivity contribution in [2.24, 2.45) is 0 Å². The summed E-state index contributed by atoms with van der Waals surface area (Å²) < 4.78 is 0. The van der Waals surface area contributed by atoms with Gasteiger partial charge in [-0.1, -0.05) is 44.4 Å². The number of aromatic amines is 1. The van der Waals surface area contributed by atoms with Gasteiger partial charge in [-0.05, 0) is 19.3 Å². The van der Waals surface area contributed by atoms with E-state index in [9.17, 15) is 4.79 Å². The fourth-order valence-corrected chi connectivity index (χ4v) is 2.71. The van der Waals surface area contributed by atoms with Crippen molar-refractivity contribution in [2.45, 2.75) is 69.9 Å². The molecule has 6 heteroatoms. The highest BCUT2D eigenvalue weighted by Gasteiger charge is 2.03. The number of carboxylic acids is 1. The molecule has 114 valence electrons. The van der Waals surface area contributed by atoms with Crippen LogP contribution in [0, 0.1) is 0 Å². The zero-order valence-electron chi connectivity index (χ0n) is 12.2. The Morgan fingerprint density at radius 3 is 2.75 bits per heavy atom. The third-order valence-corrected chi connectivity index (χ3v) is 3.98. The molecule has 1 aromatic rings. The smallest absolute Gasteiger partial charge is 0.303 e. The normalized spacial score (nSPS) is 10.8. The highest BCUT2D eigenvalue weighted by Crippen LogP contribution is 2.16. The van der Waals surface area contributed by atoms with E-state index in [4.69, 9.17) is 5.11 Å². The van der Waals surface area contributed by atoms with E-state index in [1.165, 1.54) is 19.3 Å². The average molecular weight is 299 g/mol. The Hall–Kier alpha value is -1.04. The zero-order valence-corrected chi connectivity index (χ0v) is 13.0. The van der Waals surface area contributed by atoms with E-state index >= 15 is 0 Å². The summed E-state index contributed by atoms with van der Waals surface area (Å²) in [5, 5.41) is 16.5. The summed E-state index contributed by atoms with van der Waals surface area (Å²) >= 11 is 1.68. The van der Waals surface area contributed by atoms with Crippen molar-refractivity contribution in [3.8, 4) is 0 Å². The number of H-pyrrole nitrogens is 1. The van der Waals surface area contributed by atoms with E-state index in [-0.39, 0.29) is 6.42 Å². The van der Waals surface area contributed by atoms with Gasteiger partial charge in [-0.2, -0.15) is 0 Å². The second-order valence-corrected chi connectivity index (χ2v) is 5.99. The third kappa shape index (κ3) is 8.19. The van der Waals surface area contributed by atoms with Crippen LogP contribution in [0.4, 0.5) is 0 Å². The van der Waals surface area contributed by atoms with Crippen molar-refractivity contribution < 1.29 is 9.90 Å². The predicted molar refractivity (Wildman–Crippen MR) is 81.1 cm³/mol. The summed E-state index contributed by atoms with van der Waals surface area (Å²) in [6, 6.07) is 0. The number of thioether (sulfide) groups is 1. The molecule has 0 aliphatic rings. The summed E-state index contributed by atoms with van der Waals surface area (Å²) in [6.45, 7) is 2.19. The van der Waals surface area contributed by atoms with Crippen LogP contribution in [0.3, 0.4) is 0 Å². The van der Waals surface area contributed by atoms with Gasteiger partial charge < -0.3 is 5.11 Å². The maximum atomic E-state index is 10.3. The number of carbonyl (C=O) groups is 1. The Morgan fingerprint density at radius 1 is 1.20 bits per heavy atom. The van der Waals surface area contributed by atoms with Gasteiger partial charge in [-0.15, -0.1) is 5.10 Å². The lowest BCUT2D eigenvalue weighted by atomic mass is 10.2. The van der Waals surface area contributed by atoms with Crippen LogP contribution in [-0.2, 0) is 11.2 Å². The molecule has 2 N–H and O–H groups in total. The number of aromatic nitrogens is 3. The first-order valence-corrected chi connectivity index (χ1v) is 8.46. The molecule has 0 fully saturated rings. The lowest BCUT2D eigenvalue weighted by Crippen LogP contribution is -1.93. The first-order chi connectivity index (χ1) is 9.72. The molecule has 0 aliphatic heterocycles. The number of hydrogen-bond acceptors (Lipinski definition) is 4. The first-order valence-electron chi connectivity index (χ1n) is 7.48. The van der Waals surface area contributed by atoms with Gasteiger partial charge >= 0.3 is 5.97 Å². The molecular formula is C14H25N3O2S. The average Bonchev–Trinajstić information content (AvgIpc) is 2.85. The fourth-order valence-electron chi connectivity index (χ4n) is 1.89. The van der Waals surface area contributed by atoms with Gasteiger partial charge in [-0.25, -0.2) is 4.98 Å². The van der Waals surface area contributed by atoms with Gasteiger partial charge in [0.15, 0.2) is 0 Å². The van der Waals surface area contributed by atoms with Crippen LogP contribution < -0.4 is 0 Å². The molecule has 0 aromatic carbocycles. The van der Waals surface area contributed by atoms with E-state index < -0.39 is 5.97 Å². The van der Waals surface area contributed by atoms with Crippen molar-refractivity contribution in [1.82, 2.24) is 15.2 Å². The SMILES string of the molecule is CCCCCc1nc(SCCCCCCC(=O)O)n[nH]1. The largest absolute Gasteiger partial charge is 0.481 e. The summed E-state index contributed by atoms with van der Waals surface area (Å²) in [6.07, 6.45) is 8.83. The lowest BCUT2D eigenvalue weighted by molar-refractivity contribution is -0.137. The molecule has 5 nitrogen and oxygen atoms in total. The van der Waals surface area contributed by atoms with Crippen molar-refractivity contribution >= 4 is 17.7 Å². The van der Waals surface area contributed by atoms with Gasteiger partial charge in [0.05, 0.1) is 0 Å². The quantitative estimate of drug-likeness (QED) is 0.455. The molecule has 0 radical (unpaired) electrons. The van der Waals surface area contributed by atoms with Crippen LogP contribution in [0.2, 0.25) is 0 Å². The Labute approximate surface area is 125 Å². The minimum Gasteiger partial charge on any atom is -0.481 e. The molecule has 20 heavy (non-hydrogen) atoms. The molecule has 1 rings (SSSR count). The van der Waals surface area contributed by atoms with Gasteiger partial charge in [-0.3, -0.25) is 9.89 Å². The second kappa shape index (κ2) is 10.7. The predicted octanol–water partition coefficient (Wildman–Crippen LogP) is 3.66. The lowest BCUT2D eigenvalue weighted by Gasteiger charge is -1.98. The monoisotopic (exact) mass is 299 g/mol. The van der Waals surface area contributed by atoms with E-state index in [1.807, 2.05) is 0 Å². The van der Waals surface area contributed by atoms with Crippen LogP contribution in [0.15, 0.2) is 5.16 Å². The van der Waals surface area contributed by atoms with Crippen LogP contribution in [0.25, 0.3) is 0 Å². The Kier molecular flexibility index (Phi) is 9.11. The second-order valence-electron chi connectivity index (χ2n) is 4.93. The fraction of sp³-hybridized carbons (Fsp3) is 0.786. The molecule has 0 bridgehead atoms. The van der Waals surface area contributed by atoms with Gasteiger partial charge in [0.25, 0.3) is 0 Å². The number of hydrogen-bond donors (Lipinski definition) is 2. The maximum Gasteiger partial charge on any atom is 0.303 e. The third-order valence-electron chi connectivity index (χ3n) is 3.04. The Bertz CT molecular complexity index is 382. The van der Waals surface area contributed by atoms with Crippen molar-refractivity contribution in [2.75, 3.05) is 5.75 Å². The Balaban J connectivity index is 2.03. The van der Waals surface area contributed by atoms with E-state index in [0.717, 1.165) is 48.8 Å². The molecule has 0 unspecified atom stereocenters. The van der Waals surface area contributed by atoms with Crippen molar-refractivity contribution in [3.05, 3.63) is 5.82 Å². The summed E-state index contributed by atoms with van der Waals surface area (Å²) in [4.78, 5) is 14.8. The summed E-state index contributed by atoms with van der Waals surface area (Å²) in [7, 11) is 0. The number of nitrogens with zero attached hydrogens (tertiary/aromatic N) is 2. The van der Waals surface area contributed by atoms with E-state index in [2.05, 4.69) is 22.1 Å². The molecule has 0 saturated heterocycles. The number of unbranched alkanes of at least 4 members (excludes halogenated alkanes) is 5. The van der Waals surface area contributed by atoms with Crippen molar-refractivity contribution in [1.29, 1.82) is 0 Å². The van der Waals surface area contributed by atoms with Crippen LogP contribution >= 0.6 is 11.8 Å². The number of carboxylic acid groups (broad SMARTS) is 1. The van der Waals surface area contributed by atoms with Crippen LogP contribution in [-0.4, -0.2) is 32.0 Å². The molecule has 1 aromatic heterocycles. The molecular weight excluding hydrogens is 274 g/mol. The van der Waals surface area contributed by atoms with Gasteiger partial charge in [0, 0.05) is 18.6 Å². The highest BCUT2D eigenvalue weighted by molar-refractivity contribution is 7.99. The number of rotatable bonds is 12. The topological polar surface area (TPSA) is 78.9 Å². The molecule has 0 spiro atoms. The molecule has 0 amide bonds. The molecule has 0 atom stereocenters. The van der Waals surface area contributed by atoms with Gasteiger partial charge in [0.1, 0.15) is 5.82 Å². The minimum absolute atomic E-state index is 0.287. The minimum atomic E-state index is -0.698. The van der Waals surface area contributed by atoms with Crippen molar-refractivity contribution in [3.63, 3.8) is 0 Å². The van der Waals surface area contributed by atoms with Crippen LogP contribution in [0.5, 0.6) is 0 Å².